The number of furan rings is 1. The third-order valence-corrected chi connectivity index (χ3v) is 13.4. The molecule has 0 amide bonds. The van der Waals surface area contributed by atoms with E-state index in [4.69, 9.17) is 14.4 Å². The second-order valence-electron chi connectivity index (χ2n) is 15.7. The van der Waals surface area contributed by atoms with E-state index in [1.807, 2.05) is 23.5 Å². The summed E-state index contributed by atoms with van der Waals surface area (Å²) in [6.07, 6.45) is 12.2. The van der Waals surface area contributed by atoms with Crippen LogP contribution in [0.2, 0.25) is 0 Å². The number of hydrogen-bond donors (Lipinski definition) is 0. The molecule has 9 aromatic rings. The second kappa shape index (κ2) is 13.1. The van der Waals surface area contributed by atoms with E-state index in [2.05, 4.69) is 176 Å². The summed E-state index contributed by atoms with van der Waals surface area (Å²) in [5.74, 6) is 1.14. The predicted molar refractivity (Wildman–Crippen MR) is 245 cm³/mol. The molecule has 3 aliphatic rings. The Labute approximate surface area is 340 Å². The summed E-state index contributed by atoms with van der Waals surface area (Å²) >= 11 is 1.86. The Hall–Kier alpha value is -6.82. The first-order valence-corrected chi connectivity index (χ1v) is 20.9. The van der Waals surface area contributed by atoms with Crippen LogP contribution < -0.4 is 4.90 Å². The highest BCUT2D eigenvalue weighted by atomic mass is 32.1. The van der Waals surface area contributed by atoms with Crippen LogP contribution in [0, 0.1) is 5.92 Å². The molecule has 2 unspecified atom stereocenters. The molecule has 4 heterocycles. The van der Waals surface area contributed by atoms with E-state index in [9.17, 15) is 0 Å². The van der Waals surface area contributed by atoms with Crippen molar-refractivity contribution in [2.75, 3.05) is 4.90 Å². The molecule has 2 aliphatic heterocycles. The number of allylic oxidation sites excluding steroid dienone is 3. The van der Waals surface area contributed by atoms with Crippen molar-refractivity contribution >= 4 is 92.8 Å². The van der Waals surface area contributed by atoms with Crippen molar-refractivity contribution in [1.29, 1.82) is 0 Å². The van der Waals surface area contributed by atoms with Crippen molar-refractivity contribution in [3.8, 4) is 0 Å². The lowest BCUT2D eigenvalue weighted by Gasteiger charge is -2.29. The maximum absolute atomic E-state index is 6.38. The first-order chi connectivity index (χ1) is 28.7. The summed E-state index contributed by atoms with van der Waals surface area (Å²) in [4.78, 5) is 13.8. The molecular formula is C53H37N3OS. The number of hydrogen-bond acceptors (Lipinski definition) is 5. The summed E-state index contributed by atoms with van der Waals surface area (Å²) in [6, 6.07) is 52.5. The monoisotopic (exact) mass is 763 g/mol. The van der Waals surface area contributed by atoms with Gasteiger partial charge in [-0.15, -0.1) is 11.3 Å². The number of aliphatic imine (C=N–C) groups is 2. The van der Waals surface area contributed by atoms with Gasteiger partial charge in [0.25, 0.3) is 0 Å². The first-order valence-electron chi connectivity index (χ1n) is 20.1. The van der Waals surface area contributed by atoms with Crippen LogP contribution in [-0.4, -0.2) is 17.6 Å². The minimum atomic E-state index is 0.158. The van der Waals surface area contributed by atoms with E-state index in [1.54, 1.807) is 0 Å². The van der Waals surface area contributed by atoms with Gasteiger partial charge in [0.2, 0.25) is 0 Å². The van der Waals surface area contributed by atoms with Gasteiger partial charge in [-0.25, -0.2) is 9.98 Å². The van der Waals surface area contributed by atoms with Gasteiger partial charge in [0, 0.05) is 54.9 Å². The van der Waals surface area contributed by atoms with E-state index in [1.165, 1.54) is 47.9 Å². The van der Waals surface area contributed by atoms with Gasteiger partial charge in [-0.2, -0.15) is 0 Å². The van der Waals surface area contributed by atoms with Crippen LogP contribution in [0.25, 0.3) is 58.6 Å². The Morgan fingerprint density at radius 3 is 2.29 bits per heavy atom. The van der Waals surface area contributed by atoms with Crippen molar-refractivity contribution in [3.63, 3.8) is 0 Å². The molecule has 1 aliphatic carbocycles. The molecule has 276 valence electrons. The number of rotatable bonds is 4. The van der Waals surface area contributed by atoms with E-state index in [0.717, 1.165) is 56.5 Å². The predicted octanol–water partition coefficient (Wildman–Crippen LogP) is 14.2. The Balaban J connectivity index is 1.10. The molecule has 0 bridgehead atoms. The average Bonchev–Trinajstić information content (AvgIpc) is 3.94. The van der Waals surface area contributed by atoms with Crippen LogP contribution in [0.4, 0.5) is 11.4 Å². The molecule has 0 N–H and O–H groups in total. The second-order valence-corrected chi connectivity index (χ2v) is 16.7. The maximum Gasteiger partial charge on any atom is 0.160 e. The fourth-order valence-corrected chi connectivity index (χ4v) is 10.7. The number of benzene rings is 7. The summed E-state index contributed by atoms with van der Waals surface area (Å²) in [5.41, 5.74) is 10.7. The molecule has 3 atom stereocenters. The lowest BCUT2D eigenvalue weighted by atomic mass is 9.90. The summed E-state index contributed by atoms with van der Waals surface area (Å²) in [5, 5.41) is 7.17. The van der Waals surface area contributed by atoms with Gasteiger partial charge in [0.05, 0.1) is 27.8 Å². The first kappa shape index (κ1) is 33.3. The number of para-hydroxylation sites is 1. The highest BCUT2D eigenvalue weighted by molar-refractivity contribution is 7.26. The minimum Gasteiger partial charge on any atom is -0.456 e. The van der Waals surface area contributed by atoms with E-state index >= 15 is 0 Å². The molecule has 58 heavy (non-hydrogen) atoms. The summed E-state index contributed by atoms with van der Waals surface area (Å²) in [7, 11) is 0. The lowest BCUT2D eigenvalue weighted by Crippen LogP contribution is -2.28. The van der Waals surface area contributed by atoms with Gasteiger partial charge in [0.1, 0.15) is 11.2 Å². The molecule has 7 aromatic carbocycles. The zero-order chi connectivity index (χ0) is 38.3. The zero-order valence-corrected chi connectivity index (χ0v) is 32.7. The fourth-order valence-electron chi connectivity index (χ4n) is 9.45. The topological polar surface area (TPSA) is 41.1 Å². The van der Waals surface area contributed by atoms with Crippen molar-refractivity contribution in [3.05, 3.63) is 198 Å². The van der Waals surface area contributed by atoms with E-state index in [0.29, 0.717) is 5.84 Å². The Bertz CT molecular complexity index is 3310. The van der Waals surface area contributed by atoms with Gasteiger partial charge in [-0.1, -0.05) is 134 Å². The van der Waals surface area contributed by atoms with Gasteiger partial charge in [-0.3, -0.25) is 0 Å². The highest BCUT2D eigenvalue weighted by Crippen LogP contribution is 2.53. The van der Waals surface area contributed by atoms with Gasteiger partial charge in [-0.05, 0) is 76.9 Å². The van der Waals surface area contributed by atoms with Crippen molar-refractivity contribution in [2.24, 2.45) is 15.9 Å². The van der Waals surface area contributed by atoms with Crippen molar-refractivity contribution in [2.45, 2.75) is 25.3 Å². The van der Waals surface area contributed by atoms with Crippen LogP contribution in [0.1, 0.15) is 41.5 Å². The minimum absolute atomic E-state index is 0.158. The Morgan fingerprint density at radius 2 is 1.40 bits per heavy atom. The highest BCUT2D eigenvalue weighted by Gasteiger charge is 2.39. The molecule has 0 saturated heterocycles. The summed E-state index contributed by atoms with van der Waals surface area (Å²) < 4.78 is 8.86. The standard InChI is InChI=1S/C53H37N3OS/c1-32-23-27-43(36-24-25-39-38-18-8-11-21-47(38)57-48(39)31-36)54-53(55-51(32)33-13-3-2-4-14-33)41-26-28-45(52-50(41)40-19-9-12-22-49(40)58-52)56-44-20-10-7-17-37(44)42-29-34-15-5-6-16-35(34)30-46(42)56/h2-22,24-32,37,44H,23H2,1H3/b43-27+,54-53-,55-51+/t32-,37?,44?/m1/s1. The molecule has 2 aromatic heterocycles. The van der Waals surface area contributed by atoms with Gasteiger partial charge >= 0.3 is 0 Å². The normalized spacial score (nSPS) is 21.7. The zero-order valence-electron chi connectivity index (χ0n) is 31.8. The maximum atomic E-state index is 6.38. The molecule has 4 nitrogen and oxygen atoms in total. The van der Waals surface area contributed by atoms with Crippen molar-refractivity contribution < 1.29 is 4.42 Å². The number of fused-ring (bicyclic) bond motifs is 10. The number of thiophene rings is 1. The molecule has 5 heteroatoms. The number of amidine groups is 1. The van der Waals surface area contributed by atoms with Crippen LogP contribution in [-0.2, 0) is 0 Å². The fraction of sp³-hybridized carbons (Fsp3) is 0.0943. The number of nitrogens with zero attached hydrogens (tertiary/aromatic N) is 3. The summed E-state index contributed by atoms with van der Waals surface area (Å²) in [6.45, 7) is 2.28. The van der Waals surface area contributed by atoms with E-state index in [-0.39, 0.29) is 17.9 Å². The molecule has 0 saturated carbocycles. The van der Waals surface area contributed by atoms with Crippen LogP contribution in [0.5, 0.6) is 0 Å². The van der Waals surface area contributed by atoms with Crippen LogP contribution >= 0.6 is 11.3 Å². The molecule has 12 rings (SSSR count). The molecule has 0 spiro atoms. The van der Waals surface area contributed by atoms with Gasteiger partial charge < -0.3 is 9.32 Å². The largest absolute Gasteiger partial charge is 0.456 e. The third-order valence-electron chi connectivity index (χ3n) is 12.3. The third kappa shape index (κ3) is 5.20. The number of anilines is 2. The molecule has 0 radical (unpaired) electrons. The Morgan fingerprint density at radius 1 is 0.638 bits per heavy atom. The van der Waals surface area contributed by atoms with Crippen LogP contribution in [0.15, 0.2) is 190 Å². The molecule has 0 fully saturated rings. The quantitative estimate of drug-likeness (QED) is 0.179. The SMILES string of the molecule is C[C@@H]1C/C=C(c2ccc3c(c2)oc2ccccc23)/N=C(c2ccc(N3c4cc5ccccc5cc4C4C=CC=CC43)c3sc4ccccc4c23)\N=C/1c1ccccc1. The average molecular weight is 764 g/mol. The van der Waals surface area contributed by atoms with E-state index < -0.39 is 0 Å². The lowest BCUT2D eigenvalue weighted by molar-refractivity contribution is 0.669. The van der Waals surface area contributed by atoms with Crippen LogP contribution in [0.3, 0.4) is 0 Å². The van der Waals surface area contributed by atoms with Crippen molar-refractivity contribution in [1.82, 2.24) is 0 Å². The Kier molecular flexibility index (Phi) is 7.54. The smallest absolute Gasteiger partial charge is 0.160 e. The molecular weight excluding hydrogens is 727 g/mol. The van der Waals surface area contributed by atoms with Gasteiger partial charge in [0.15, 0.2) is 5.84 Å².